The molecule has 1 rings (SSSR count). The average Bonchev–Trinajstić information content (AvgIpc) is 2.20. The van der Waals surface area contributed by atoms with Crippen LogP contribution >= 0.6 is 11.8 Å². The summed E-state index contributed by atoms with van der Waals surface area (Å²) in [5, 5.41) is 4.56. The van der Waals surface area contributed by atoms with Gasteiger partial charge >= 0.3 is 0 Å². The van der Waals surface area contributed by atoms with Crippen LogP contribution in [0.1, 0.15) is 6.92 Å². The fourth-order valence-electron chi connectivity index (χ4n) is 0.957. The zero-order valence-electron chi connectivity index (χ0n) is 8.31. The lowest BCUT2D eigenvalue weighted by Gasteiger charge is -2.09. The first-order valence-electron chi connectivity index (χ1n) is 4.58. The number of hydrogen-bond acceptors (Lipinski definition) is 4. The highest BCUT2D eigenvalue weighted by Crippen LogP contribution is 2.16. The SMILES string of the molecule is C=CCNCC(C)Sc1ncccn1. The summed E-state index contributed by atoms with van der Waals surface area (Å²) in [6, 6.07) is 1.82. The third-order valence-corrected chi connectivity index (χ3v) is 2.56. The fourth-order valence-corrected chi connectivity index (χ4v) is 1.76. The average molecular weight is 209 g/mol. The lowest BCUT2D eigenvalue weighted by molar-refractivity contribution is 0.738. The Morgan fingerprint density at radius 3 is 2.93 bits per heavy atom. The zero-order valence-corrected chi connectivity index (χ0v) is 9.13. The van der Waals surface area contributed by atoms with Gasteiger partial charge in [-0.25, -0.2) is 9.97 Å². The van der Waals surface area contributed by atoms with E-state index < -0.39 is 0 Å². The van der Waals surface area contributed by atoms with Gasteiger partial charge in [-0.2, -0.15) is 0 Å². The molecule has 1 aromatic rings. The second-order valence-corrected chi connectivity index (χ2v) is 4.31. The molecule has 1 aromatic heterocycles. The number of hydrogen-bond donors (Lipinski definition) is 1. The molecule has 0 amide bonds. The normalized spacial score (nSPS) is 12.4. The van der Waals surface area contributed by atoms with Crippen molar-refractivity contribution in [3.8, 4) is 0 Å². The van der Waals surface area contributed by atoms with Gasteiger partial charge in [-0.15, -0.1) is 6.58 Å². The zero-order chi connectivity index (χ0) is 10.2. The molecule has 1 N–H and O–H groups in total. The monoisotopic (exact) mass is 209 g/mol. The van der Waals surface area contributed by atoms with E-state index in [4.69, 9.17) is 0 Å². The number of nitrogens with one attached hydrogen (secondary N) is 1. The predicted octanol–water partition coefficient (Wildman–Crippen LogP) is 1.73. The van der Waals surface area contributed by atoms with Crippen molar-refractivity contribution in [2.75, 3.05) is 13.1 Å². The summed E-state index contributed by atoms with van der Waals surface area (Å²) in [5.74, 6) is 0. The molecule has 4 heteroatoms. The second kappa shape index (κ2) is 6.56. The Morgan fingerprint density at radius 1 is 1.57 bits per heavy atom. The Balaban J connectivity index is 2.26. The van der Waals surface area contributed by atoms with Crippen molar-refractivity contribution in [2.45, 2.75) is 17.3 Å². The molecule has 0 aliphatic rings. The van der Waals surface area contributed by atoms with Crippen LogP contribution in [0.4, 0.5) is 0 Å². The summed E-state index contributed by atoms with van der Waals surface area (Å²) in [5.41, 5.74) is 0. The molecule has 0 bridgehead atoms. The molecule has 3 nitrogen and oxygen atoms in total. The molecular formula is C10H15N3S. The maximum Gasteiger partial charge on any atom is 0.187 e. The van der Waals surface area contributed by atoms with Crippen LogP contribution in [0.3, 0.4) is 0 Å². The van der Waals surface area contributed by atoms with Gasteiger partial charge in [-0.1, -0.05) is 24.8 Å². The van der Waals surface area contributed by atoms with Gasteiger partial charge in [0.2, 0.25) is 0 Å². The summed E-state index contributed by atoms with van der Waals surface area (Å²) >= 11 is 1.67. The Labute approximate surface area is 89.0 Å². The Hall–Kier alpha value is -0.870. The van der Waals surface area contributed by atoms with Crippen LogP contribution in [-0.2, 0) is 0 Å². The first-order chi connectivity index (χ1) is 6.83. The second-order valence-electron chi connectivity index (χ2n) is 2.91. The van der Waals surface area contributed by atoms with Crippen LogP contribution in [0.2, 0.25) is 0 Å². The quantitative estimate of drug-likeness (QED) is 0.335. The van der Waals surface area contributed by atoms with Gasteiger partial charge in [0, 0.05) is 30.7 Å². The van der Waals surface area contributed by atoms with E-state index in [9.17, 15) is 0 Å². The molecule has 0 fully saturated rings. The third-order valence-electron chi connectivity index (χ3n) is 1.57. The van der Waals surface area contributed by atoms with Crippen molar-refractivity contribution in [2.24, 2.45) is 0 Å². The maximum atomic E-state index is 4.15. The predicted molar refractivity (Wildman–Crippen MR) is 60.4 cm³/mol. The molecule has 76 valence electrons. The maximum absolute atomic E-state index is 4.15. The summed E-state index contributed by atoms with van der Waals surface area (Å²) in [6.45, 7) is 7.58. The van der Waals surface area contributed by atoms with E-state index in [-0.39, 0.29) is 0 Å². The van der Waals surface area contributed by atoms with Crippen LogP contribution < -0.4 is 5.32 Å². The van der Waals surface area contributed by atoms with E-state index in [0.29, 0.717) is 5.25 Å². The fraction of sp³-hybridized carbons (Fsp3) is 0.400. The standard InChI is InChI=1S/C10H15N3S/c1-3-5-11-8-9(2)14-10-12-6-4-7-13-10/h3-4,6-7,9,11H,1,5,8H2,2H3. The van der Waals surface area contributed by atoms with Gasteiger partial charge in [-0.05, 0) is 6.07 Å². The topological polar surface area (TPSA) is 37.8 Å². The van der Waals surface area contributed by atoms with Crippen molar-refractivity contribution in [1.82, 2.24) is 15.3 Å². The van der Waals surface area contributed by atoms with Gasteiger partial charge in [0.15, 0.2) is 5.16 Å². The molecule has 1 heterocycles. The molecule has 0 aromatic carbocycles. The van der Waals surface area contributed by atoms with Gasteiger partial charge in [-0.3, -0.25) is 0 Å². The van der Waals surface area contributed by atoms with Crippen molar-refractivity contribution in [1.29, 1.82) is 0 Å². The molecule has 0 saturated carbocycles. The van der Waals surface area contributed by atoms with E-state index in [2.05, 4.69) is 28.8 Å². The van der Waals surface area contributed by atoms with E-state index in [0.717, 1.165) is 18.2 Å². The van der Waals surface area contributed by atoms with Crippen LogP contribution in [0.25, 0.3) is 0 Å². The summed E-state index contributed by atoms with van der Waals surface area (Å²) in [6.07, 6.45) is 5.38. The van der Waals surface area contributed by atoms with Crippen LogP contribution in [0.15, 0.2) is 36.3 Å². The Kier molecular flexibility index (Phi) is 5.25. The van der Waals surface area contributed by atoms with Crippen LogP contribution in [-0.4, -0.2) is 28.3 Å². The summed E-state index contributed by atoms with van der Waals surface area (Å²) in [7, 11) is 0. The minimum atomic E-state index is 0.470. The molecule has 0 aliphatic heterocycles. The minimum absolute atomic E-state index is 0.470. The first-order valence-corrected chi connectivity index (χ1v) is 5.46. The molecule has 14 heavy (non-hydrogen) atoms. The highest BCUT2D eigenvalue weighted by Gasteiger charge is 2.04. The first kappa shape index (κ1) is 11.2. The van der Waals surface area contributed by atoms with Crippen molar-refractivity contribution >= 4 is 11.8 Å². The lowest BCUT2D eigenvalue weighted by Crippen LogP contribution is -2.22. The van der Waals surface area contributed by atoms with Gasteiger partial charge < -0.3 is 5.32 Å². The highest BCUT2D eigenvalue weighted by molar-refractivity contribution is 7.99. The van der Waals surface area contributed by atoms with E-state index in [1.807, 2.05) is 12.1 Å². The van der Waals surface area contributed by atoms with Crippen LogP contribution in [0.5, 0.6) is 0 Å². The van der Waals surface area contributed by atoms with Crippen molar-refractivity contribution in [3.05, 3.63) is 31.1 Å². The number of aromatic nitrogens is 2. The van der Waals surface area contributed by atoms with Gasteiger partial charge in [0.05, 0.1) is 0 Å². The Bertz CT molecular complexity index is 263. The van der Waals surface area contributed by atoms with Crippen LogP contribution in [0, 0.1) is 0 Å². The highest BCUT2D eigenvalue weighted by atomic mass is 32.2. The van der Waals surface area contributed by atoms with Crippen molar-refractivity contribution in [3.63, 3.8) is 0 Å². The smallest absolute Gasteiger partial charge is 0.187 e. The summed E-state index contributed by atoms with van der Waals surface area (Å²) < 4.78 is 0. The van der Waals surface area contributed by atoms with E-state index in [1.165, 1.54) is 0 Å². The van der Waals surface area contributed by atoms with E-state index in [1.54, 1.807) is 24.2 Å². The molecule has 0 saturated heterocycles. The number of thioether (sulfide) groups is 1. The minimum Gasteiger partial charge on any atom is -0.312 e. The molecule has 1 atom stereocenters. The molecule has 0 aliphatic carbocycles. The molecular weight excluding hydrogens is 194 g/mol. The van der Waals surface area contributed by atoms with Gasteiger partial charge in [0.1, 0.15) is 0 Å². The largest absolute Gasteiger partial charge is 0.312 e. The number of rotatable bonds is 6. The third kappa shape index (κ3) is 4.39. The summed E-state index contributed by atoms with van der Waals surface area (Å²) in [4.78, 5) is 8.30. The van der Waals surface area contributed by atoms with E-state index >= 15 is 0 Å². The molecule has 0 spiro atoms. The molecule has 1 unspecified atom stereocenters. The molecule has 0 radical (unpaired) electrons. The lowest BCUT2D eigenvalue weighted by atomic mass is 10.4. The van der Waals surface area contributed by atoms with Gasteiger partial charge in [0.25, 0.3) is 0 Å². The van der Waals surface area contributed by atoms with Crippen molar-refractivity contribution < 1.29 is 0 Å². The number of nitrogens with zero attached hydrogens (tertiary/aromatic N) is 2. The Morgan fingerprint density at radius 2 is 2.29 bits per heavy atom.